The number of hydrogen-bond acceptors (Lipinski definition) is 5. The lowest BCUT2D eigenvalue weighted by molar-refractivity contribution is 0.265. The Labute approximate surface area is 169 Å². The van der Waals surface area contributed by atoms with E-state index in [1.54, 1.807) is 18.2 Å². The fraction of sp³-hybridized carbons (Fsp3) is 0.300. The van der Waals surface area contributed by atoms with Gasteiger partial charge in [-0.1, -0.05) is 46.6 Å². The monoisotopic (exact) mass is 417 g/mol. The smallest absolute Gasteiger partial charge is 0.243 e. The molecule has 0 N–H and O–H groups in total. The van der Waals surface area contributed by atoms with E-state index in [9.17, 15) is 8.42 Å². The Morgan fingerprint density at radius 1 is 1.14 bits per heavy atom. The van der Waals surface area contributed by atoms with E-state index in [1.807, 2.05) is 37.3 Å². The molecule has 2 heterocycles. The number of nitrogens with zero attached hydrogens (tertiary/aromatic N) is 3. The molecule has 1 saturated heterocycles. The average Bonchev–Trinajstić information content (AvgIpc) is 3.19. The van der Waals surface area contributed by atoms with Crippen LogP contribution in [0.5, 0.6) is 0 Å². The second-order valence-electron chi connectivity index (χ2n) is 6.95. The molecule has 0 saturated carbocycles. The Balaban J connectivity index is 1.56. The molecular weight excluding hydrogens is 398 g/mol. The zero-order valence-corrected chi connectivity index (χ0v) is 16.9. The maximum atomic E-state index is 13.0. The van der Waals surface area contributed by atoms with Gasteiger partial charge in [0.2, 0.25) is 21.7 Å². The first kappa shape index (κ1) is 19.1. The summed E-state index contributed by atoms with van der Waals surface area (Å²) in [6, 6.07) is 14.2. The van der Waals surface area contributed by atoms with Gasteiger partial charge in [-0.15, -0.1) is 0 Å². The van der Waals surface area contributed by atoms with E-state index < -0.39 is 10.0 Å². The van der Waals surface area contributed by atoms with Crippen LogP contribution < -0.4 is 0 Å². The Kier molecular flexibility index (Phi) is 5.23. The molecule has 1 fully saturated rings. The van der Waals surface area contributed by atoms with Crippen molar-refractivity contribution in [1.82, 2.24) is 14.4 Å². The summed E-state index contributed by atoms with van der Waals surface area (Å²) in [5.41, 5.74) is 1.72. The van der Waals surface area contributed by atoms with Gasteiger partial charge in [0.25, 0.3) is 0 Å². The van der Waals surface area contributed by atoms with Crippen LogP contribution in [0.4, 0.5) is 0 Å². The fourth-order valence-corrected chi connectivity index (χ4v) is 5.12. The number of hydrogen-bond donors (Lipinski definition) is 0. The zero-order valence-electron chi connectivity index (χ0n) is 15.4. The molecule has 3 aromatic rings. The summed E-state index contributed by atoms with van der Waals surface area (Å²) in [5.74, 6) is 0.718. The summed E-state index contributed by atoms with van der Waals surface area (Å²) < 4.78 is 32.9. The molecule has 28 heavy (non-hydrogen) atoms. The molecule has 1 aliphatic heterocycles. The van der Waals surface area contributed by atoms with Gasteiger partial charge in [0, 0.05) is 18.7 Å². The molecule has 0 spiro atoms. The lowest BCUT2D eigenvalue weighted by Gasteiger charge is -2.30. The molecule has 8 heteroatoms. The summed E-state index contributed by atoms with van der Waals surface area (Å²) in [6.07, 6.45) is 1.53. The second-order valence-corrected chi connectivity index (χ2v) is 9.30. The van der Waals surface area contributed by atoms with Gasteiger partial charge in [-0.05, 0) is 44.0 Å². The fourth-order valence-electron chi connectivity index (χ4n) is 3.37. The summed E-state index contributed by atoms with van der Waals surface area (Å²) in [4.78, 5) is 4.79. The number of aromatic nitrogens is 2. The van der Waals surface area contributed by atoms with Crippen LogP contribution in [0.1, 0.15) is 30.2 Å². The van der Waals surface area contributed by atoms with Crippen LogP contribution in [-0.4, -0.2) is 36.0 Å². The Morgan fingerprint density at radius 3 is 2.64 bits per heavy atom. The third-order valence-electron chi connectivity index (χ3n) is 4.95. The Bertz CT molecular complexity index is 1080. The minimum atomic E-state index is -3.55. The van der Waals surface area contributed by atoms with Gasteiger partial charge in [-0.2, -0.15) is 9.29 Å². The molecule has 0 bridgehead atoms. The molecule has 1 aromatic heterocycles. The van der Waals surface area contributed by atoms with Crippen molar-refractivity contribution in [3.63, 3.8) is 0 Å². The predicted molar refractivity (Wildman–Crippen MR) is 107 cm³/mol. The molecule has 2 aromatic carbocycles. The van der Waals surface area contributed by atoms with Crippen molar-refractivity contribution in [1.29, 1.82) is 0 Å². The van der Waals surface area contributed by atoms with Crippen molar-refractivity contribution >= 4 is 21.6 Å². The van der Waals surface area contributed by atoms with E-state index in [2.05, 4.69) is 10.1 Å². The maximum Gasteiger partial charge on any atom is 0.243 e. The lowest BCUT2D eigenvalue weighted by atomic mass is 10.00. The normalized spacial score (nSPS) is 18.3. The molecule has 146 valence electrons. The van der Waals surface area contributed by atoms with Crippen molar-refractivity contribution in [2.24, 2.45) is 0 Å². The number of rotatable bonds is 4. The van der Waals surface area contributed by atoms with Crippen molar-refractivity contribution in [2.75, 3.05) is 13.1 Å². The molecule has 0 aliphatic carbocycles. The van der Waals surface area contributed by atoms with Crippen LogP contribution in [0.25, 0.3) is 11.4 Å². The van der Waals surface area contributed by atoms with E-state index in [4.69, 9.17) is 16.1 Å². The minimum Gasteiger partial charge on any atom is -0.339 e. The van der Waals surface area contributed by atoms with E-state index in [-0.39, 0.29) is 5.92 Å². The number of halogens is 1. The highest BCUT2D eigenvalue weighted by molar-refractivity contribution is 7.89. The van der Waals surface area contributed by atoms with E-state index in [0.717, 1.165) is 18.4 Å². The summed E-state index contributed by atoms with van der Waals surface area (Å²) in [5, 5.41) is 4.58. The van der Waals surface area contributed by atoms with E-state index in [1.165, 1.54) is 4.31 Å². The lowest BCUT2D eigenvalue weighted by Crippen LogP contribution is -2.39. The number of sulfonamides is 1. The highest BCUT2D eigenvalue weighted by Gasteiger charge is 2.33. The van der Waals surface area contributed by atoms with Gasteiger partial charge in [-0.25, -0.2) is 8.42 Å². The van der Waals surface area contributed by atoms with E-state index >= 15 is 0 Å². The average molecular weight is 418 g/mol. The molecule has 4 rings (SSSR count). The van der Waals surface area contributed by atoms with Crippen LogP contribution in [0, 0.1) is 6.92 Å². The second kappa shape index (κ2) is 7.66. The van der Waals surface area contributed by atoms with Crippen molar-refractivity contribution in [3.8, 4) is 11.4 Å². The highest BCUT2D eigenvalue weighted by atomic mass is 35.5. The van der Waals surface area contributed by atoms with Gasteiger partial charge in [0.15, 0.2) is 0 Å². The van der Waals surface area contributed by atoms with Crippen LogP contribution in [0.15, 0.2) is 57.9 Å². The quantitative estimate of drug-likeness (QED) is 0.633. The van der Waals surface area contributed by atoms with Gasteiger partial charge < -0.3 is 4.52 Å². The van der Waals surface area contributed by atoms with Crippen LogP contribution in [-0.2, 0) is 10.0 Å². The van der Waals surface area contributed by atoms with Gasteiger partial charge in [0.1, 0.15) is 0 Å². The topological polar surface area (TPSA) is 76.3 Å². The van der Waals surface area contributed by atoms with Crippen LogP contribution in [0.3, 0.4) is 0 Å². The Hall–Kier alpha value is -2.22. The predicted octanol–water partition coefficient (Wildman–Crippen LogP) is 4.27. The molecular formula is C20H20ClN3O3S. The van der Waals surface area contributed by atoms with Gasteiger partial charge in [0.05, 0.1) is 15.8 Å². The molecule has 1 atom stereocenters. The molecule has 1 aliphatic rings. The molecule has 6 nitrogen and oxygen atoms in total. The van der Waals surface area contributed by atoms with Crippen molar-refractivity contribution in [3.05, 3.63) is 65.0 Å². The SMILES string of the molecule is Cc1ccc(S(=O)(=O)N2CCCC(c3nc(-c4ccccc4Cl)no3)C2)cc1. The van der Waals surface area contributed by atoms with Gasteiger partial charge in [-0.3, -0.25) is 0 Å². The van der Waals surface area contributed by atoms with Crippen molar-refractivity contribution in [2.45, 2.75) is 30.6 Å². The minimum absolute atomic E-state index is 0.141. The number of benzene rings is 2. The zero-order chi connectivity index (χ0) is 19.7. The maximum absolute atomic E-state index is 13.0. The standard InChI is InChI=1S/C20H20ClN3O3S/c1-14-8-10-16(11-9-14)28(25,26)24-12-4-5-15(13-24)20-22-19(23-27-20)17-6-2-3-7-18(17)21/h2-3,6-11,15H,4-5,12-13H2,1H3. The van der Waals surface area contributed by atoms with Crippen LogP contribution in [0.2, 0.25) is 5.02 Å². The van der Waals surface area contributed by atoms with Crippen molar-refractivity contribution < 1.29 is 12.9 Å². The van der Waals surface area contributed by atoms with E-state index in [0.29, 0.717) is 40.3 Å². The number of piperidine rings is 1. The summed E-state index contributed by atoms with van der Waals surface area (Å²) >= 11 is 6.21. The first-order valence-corrected chi connectivity index (χ1v) is 10.9. The molecule has 0 radical (unpaired) electrons. The van der Waals surface area contributed by atoms with Gasteiger partial charge >= 0.3 is 0 Å². The third-order valence-corrected chi connectivity index (χ3v) is 7.16. The Morgan fingerprint density at radius 2 is 1.89 bits per heavy atom. The molecule has 0 amide bonds. The molecule has 1 unspecified atom stereocenters. The number of aryl methyl sites for hydroxylation is 1. The van der Waals surface area contributed by atoms with Crippen LogP contribution >= 0.6 is 11.6 Å². The largest absolute Gasteiger partial charge is 0.339 e. The third kappa shape index (κ3) is 3.70. The summed E-state index contributed by atoms with van der Waals surface area (Å²) in [7, 11) is -3.55. The first-order chi connectivity index (χ1) is 13.4. The summed E-state index contributed by atoms with van der Waals surface area (Å²) in [6.45, 7) is 2.73. The first-order valence-electron chi connectivity index (χ1n) is 9.10. The highest BCUT2D eigenvalue weighted by Crippen LogP contribution is 2.32.